The number of ether oxygens (including phenoxy) is 1. The Kier molecular flexibility index (Phi) is 7.49. The van der Waals surface area contributed by atoms with Crippen molar-refractivity contribution < 1.29 is 14.3 Å². The van der Waals surface area contributed by atoms with Crippen LogP contribution in [0.1, 0.15) is 26.7 Å². The fourth-order valence-corrected chi connectivity index (χ4v) is 2.26. The van der Waals surface area contributed by atoms with E-state index >= 15 is 0 Å². The van der Waals surface area contributed by atoms with Gasteiger partial charge in [-0.05, 0) is 42.8 Å². The van der Waals surface area contributed by atoms with Crippen LogP contribution in [-0.2, 0) is 9.59 Å². The number of unbranched alkanes of at least 4 members (excludes halogenated alkanes) is 1. The number of anilines is 3. The standard InChI is InChI=1S/C20H25N3O3/c1-3-4-12-26-19-7-5-6-18(13-19)21-14-20(25)23-17-10-8-16(9-11-17)22-15(2)24/h5-11,13,21H,3-4,12,14H2,1-2H3,(H,22,24)(H,23,25). The fraction of sp³-hybridized carbons (Fsp3) is 0.300. The largest absolute Gasteiger partial charge is 0.494 e. The van der Waals surface area contributed by atoms with Crippen LogP contribution in [0.15, 0.2) is 48.5 Å². The van der Waals surface area contributed by atoms with Crippen LogP contribution in [0.5, 0.6) is 5.75 Å². The average Bonchev–Trinajstić information content (AvgIpc) is 2.62. The summed E-state index contributed by atoms with van der Waals surface area (Å²) in [4.78, 5) is 23.1. The van der Waals surface area contributed by atoms with Crippen LogP contribution in [0.25, 0.3) is 0 Å². The molecule has 0 fully saturated rings. The SMILES string of the molecule is CCCCOc1cccc(NCC(=O)Nc2ccc(NC(C)=O)cc2)c1. The minimum Gasteiger partial charge on any atom is -0.494 e. The first-order chi connectivity index (χ1) is 12.6. The molecule has 0 aliphatic heterocycles. The first kappa shape index (κ1) is 19.3. The Morgan fingerprint density at radius 3 is 2.31 bits per heavy atom. The Labute approximate surface area is 153 Å². The minimum absolute atomic E-state index is 0.133. The van der Waals surface area contributed by atoms with Gasteiger partial charge in [0.15, 0.2) is 0 Å². The van der Waals surface area contributed by atoms with E-state index in [9.17, 15) is 9.59 Å². The van der Waals surface area contributed by atoms with Gasteiger partial charge >= 0.3 is 0 Å². The Morgan fingerprint density at radius 2 is 1.65 bits per heavy atom. The molecule has 0 bridgehead atoms. The van der Waals surface area contributed by atoms with Gasteiger partial charge in [-0.15, -0.1) is 0 Å². The molecule has 138 valence electrons. The fourth-order valence-electron chi connectivity index (χ4n) is 2.26. The zero-order chi connectivity index (χ0) is 18.8. The summed E-state index contributed by atoms with van der Waals surface area (Å²) >= 11 is 0. The molecule has 0 saturated heterocycles. The third kappa shape index (κ3) is 6.84. The highest BCUT2D eigenvalue weighted by Crippen LogP contribution is 2.18. The molecule has 6 heteroatoms. The predicted molar refractivity (Wildman–Crippen MR) is 105 cm³/mol. The first-order valence-corrected chi connectivity index (χ1v) is 8.71. The molecule has 0 aliphatic rings. The highest BCUT2D eigenvalue weighted by Gasteiger charge is 2.04. The lowest BCUT2D eigenvalue weighted by Gasteiger charge is -2.10. The molecule has 0 unspecified atom stereocenters. The molecule has 0 radical (unpaired) electrons. The lowest BCUT2D eigenvalue weighted by atomic mass is 10.2. The van der Waals surface area contributed by atoms with E-state index in [0.717, 1.165) is 24.3 Å². The second kappa shape index (κ2) is 10.1. The van der Waals surface area contributed by atoms with Crippen molar-refractivity contribution in [3.8, 4) is 5.75 Å². The number of carbonyl (C=O) groups is 2. The van der Waals surface area contributed by atoms with Crippen LogP contribution in [0.2, 0.25) is 0 Å². The van der Waals surface area contributed by atoms with Crippen LogP contribution in [0, 0.1) is 0 Å². The van der Waals surface area contributed by atoms with Crippen molar-refractivity contribution in [3.05, 3.63) is 48.5 Å². The van der Waals surface area contributed by atoms with E-state index in [1.54, 1.807) is 24.3 Å². The average molecular weight is 355 g/mol. The van der Waals surface area contributed by atoms with Crippen molar-refractivity contribution in [3.63, 3.8) is 0 Å². The second-order valence-electron chi connectivity index (χ2n) is 5.89. The number of hydrogen-bond donors (Lipinski definition) is 3. The van der Waals surface area contributed by atoms with Gasteiger partial charge in [-0.25, -0.2) is 0 Å². The van der Waals surface area contributed by atoms with Crippen LogP contribution >= 0.6 is 0 Å². The zero-order valence-corrected chi connectivity index (χ0v) is 15.2. The maximum absolute atomic E-state index is 12.1. The molecule has 2 aromatic carbocycles. The van der Waals surface area contributed by atoms with Gasteiger partial charge in [-0.2, -0.15) is 0 Å². The Balaban J connectivity index is 1.81. The highest BCUT2D eigenvalue weighted by molar-refractivity contribution is 5.94. The number of benzene rings is 2. The quantitative estimate of drug-likeness (QED) is 0.597. The number of rotatable bonds is 9. The Morgan fingerprint density at radius 1 is 0.962 bits per heavy atom. The van der Waals surface area contributed by atoms with Gasteiger partial charge in [-0.1, -0.05) is 19.4 Å². The topological polar surface area (TPSA) is 79.5 Å². The van der Waals surface area contributed by atoms with Crippen molar-refractivity contribution in [2.45, 2.75) is 26.7 Å². The smallest absolute Gasteiger partial charge is 0.243 e. The van der Waals surface area contributed by atoms with Crippen LogP contribution in [0.4, 0.5) is 17.1 Å². The lowest BCUT2D eigenvalue weighted by Crippen LogP contribution is -2.21. The summed E-state index contributed by atoms with van der Waals surface area (Å²) in [6, 6.07) is 14.5. The van der Waals surface area contributed by atoms with Gasteiger partial charge in [-0.3, -0.25) is 9.59 Å². The van der Waals surface area contributed by atoms with E-state index in [1.165, 1.54) is 6.92 Å². The van der Waals surface area contributed by atoms with E-state index < -0.39 is 0 Å². The summed E-state index contributed by atoms with van der Waals surface area (Å²) in [7, 11) is 0. The summed E-state index contributed by atoms with van der Waals surface area (Å²) in [5, 5.41) is 8.57. The summed E-state index contributed by atoms with van der Waals surface area (Å²) in [5.74, 6) is 0.499. The second-order valence-corrected chi connectivity index (χ2v) is 5.89. The van der Waals surface area contributed by atoms with E-state index in [4.69, 9.17) is 4.74 Å². The molecule has 0 atom stereocenters. The third-order valence-electron chi connectivity index (χ3n) is 3.54. The maximum atomic E-state index is 12.1. The van der Waals surface area contributed by atoms with E-state index in [2.05, 4.69) is 22.9 Å². The van der Waals surface area contributed by atoms with Crippen molar-refractivity contribution in [1.82, 2.24) is 0 Å². The summed E-state index contributed by atoms with van der Waals surface area (Å²) in [5.41, 5.74) is 2.19. The molecular formula is C20H25N3O3. The number of nitrogens with one attached hydrogen (secondary N) is 3. The van der Waals surface area contributed by atoms with E-state index in [0.29, 0.717) is 18.0 Å². The third-order valence-corrected chi connectivity index (χ3v) is 3.54. The van der Waals surface area contributed by atoms with Gasteiger partial charge in [0.05, 0.1) is 13.2 Å². The summed E-state index contributed by atoms with van der Waals surface area (Å²) < 4.78 is 5.66. The summed E-state index contributed by atoms with van der Waals surface area (Å²) in [6.07, 6.45) is 2.10. The molecule has 0 aliphatic carbocycles. The number of amides is 2. The molecular weight excluding hydrogens is 330 g/mol. The number of hydrogen-bond acceptors (Lipinski definition) is 4. The molecule has 2 aromatic rings. The molecule has 3 N–H and O–H groups in total. The molecule has 2 rings (SSSR count). The monoisotopic (exact) mass is 355 g/mol. The van der Waals surface area contributed by atoms with Crippen LogP contribution < -0.4 is 20.7 Å². The van der Waals surface area contributed by atoms with Gasteiger partial charge in [0.2, 0.25) is 11.8 Å². The Hall–Kier alpha value is -3.02. The zero-order valence-electron chi connectivity index (χ0n) is 15.2. The van der Waals surface area contributed by atoms with Gasteiger partial charge in [0.1, 0.15) is 5.75 Å². The molecule has 0 saturated carbocycles. The molecule has 6 nitrogen and oxygen atoms in total. The number of carbonyl (C=O) groups excluding carboxylic acids is 2. The first-order valence-electron chi connectivity index (χ1n) is 8.71. The van der Waals surface area contributed by atoms with Crippen molar-refractivity contribution in [2.24, 2.45) is 0 Å². The van der Waals surface area contributed by atoms with E-state index in [1.807, 2.05) is 24.3 Å². The van der Waals surface area contributed by atoms with Crippen molar-refractivity contribution in [1.29, 1.82) is 0 Å². The molecule has 2 amide bonds. The van der Waals surface area contributed by atoms with Gasteiger partial charge in [0, 0.05) is 30.1 Å². The van der Waals surface area contributed by atoms with Crippen LogP contribution in [-0.4, -0.2) is 25.0 Å². The molecule has 0 aromatic heterocycles. The van der Waals surface area contributed by atoms with Gasteiger partial charge in [0.25, 0.3) is 0 Å². The lowest BCUT2D eigenvalue weighted by molar-refractivity contribution is -0.115. The molecule has 0 heterocycles. The van der Waals surface area contributed by atoms with Crippen molar-refractivity contribution in [2.75, 3.05) is 29.1 Å². The summed E-state index contributed by atoms with van der Waals surface area (Å²) in [6.45, 7) is 4.40. The van der Waals surface area contributed by atoms with E-state index in [-0.39, 0.29) is 18.4 Å². The van der Waals surface area contributed by atoms with Crippen LogP contribution in [0.3, 0.4) is 0 Å². The molecule has 0 spiro atoms. The maximum Gasteiger partial charge on any atom is 0.243 e. The minimum atomic E-state index is -0.158. The normalized spacial score (nSPS) is 10.1. The van der Waals surface area contributed by atoms with Gasteiger partial charge < -0.3 is 20.7 Å². The highest BCUT2D eigenvalue weighted by atomic mass is 16.5. The predicted octanol–water partition coefficient (Wildman–Crippen LogP) is 3.87. The Bertz CT molecular complexity index is 729. The molecule has 26 heavy (non-hydrogen) atoms. The van der Waals surface area contributed by atoms with Crippen molar-refractivity contribution >= 4 is 28.9 Å².